The fourth-order valence-corrected chi connectivity index (χ4v) is 2.06. The van der Waals surface area contributed by atoms with Crippen molar-refractivity contribution in [2.45, 2.75) is 0 Å². The van der Waals surface area contributed by atoms with E-state index >= 15 is 0 Å². The minimum Gasteiger partial charge on any atom is -0.451 e. The minimum atomic E-state index is -0.629. The Labute approximate surface area is 135 Å². The molecule has 0 aliphatic carbocycles. The molecule has 8 heteroatoms. The summed E-state index contributed by atoms with van der Waals surface area (Å²) < 4.78 is 4.83. The predicted molar refractivity (Wildman–Crippen MR) is 81.2 cm³/mol. The smallest absolute Gasteiger partial charge is 0.355 e. The van der Waals surface area contributed by atoms with Gasteiger partial charge in [-0.25, -0.2) is 4.79 Å². The van der Waals surface area contributed by atoms with E-state index in [-0.39, 0.29) is 26.4 Å². The summed E-state index contributed by atoms with van der Waals surface area (Å²) in [6, 6.07) is 6.01. The molecule has 1 heterocycles. The summed E-state index contributed by atoms with van der Waals surface area (Å²) in [6.45, 7) is -0.450. The molecule has 0 unspecified atom stereocenters. The summed E-state index contributed by atoms with van der Waals surface area (Å²) in [6.07, 6.45) is 1.58. The number of anilines is 1. The monoisotopic (exact) mass is 346 g/mol. The molecule has 1 aromatic heterocycles. The molecule has 0 aliphatic rings. The zero-order valence-electron chi connectivity index (χ0n) is 10.5. The molecule has 0 aliphatic heterocycles. The number of carbonyl (C=O) groups excluding carboxylic acids is 2. The van der Waals surface area contributed by atoms with Crippen LogP contribution >= 0.6 is 34.8 Å². The number of carbonyl (C=O) groups is 2. The first-order valence-corrected chi connectivity index (χ1v) is 6.85. The standard InChI is InChI=1S/C13H9Cl3N2O3/c14-7-4-9(16)11(5-8(7)15)18-12(19)6-21-13(20)10-2-1-3-17-10/h1-5,17H,6H2,(H,18,19). The number of H-pyrrole nitrogens is 1. The maximum absolute atomic E-state index is 11.7. The first-order valence-electron chi connectivity index (χ1n) is 5.72. The van der Waals surface area contributed by atoms with Crippen molar-refractivity contribution in [1.29, 1.82) is 0 Å². The van der Waals surface area contributed by atoms with Crippen LogP contribution in [-0.4, -0.2) is 23.5 Å². The van der Waals surface area contributed by atoms with Crippen LogP contribution in [0, 0.1) is 0 Å². The second-order valence-electron chi connectivity index (χ2n) is 3.95. The van der Waals surface area contributed by atoms with Crippen LogP contribution in [0.15, 0.2) is 30.5 Å². The van der Waals surface area contributed by atoms with Crippen LogP contribution in [0.1, 0.15) is 10.5 Å². The third-order valence-electron chi connectivity index (χ3n) is 2.44. The number of benzene rings is 1. The summed E-state index contributed by atoms with van der Waals surface area (Å²) in [5, 5.41) is 3.23. The van der Waals surface area contributed by atoms with Crippen LogP contribution in [0.2, 0.25) is 15.1 Å². The van der Waals surface area contributed by atoms with Crippen LogP contribution in [-0.2, 0) is 9.53 Å². The average Bonchev–Trinajstić information content (AvgIpc) is 2.96. The molecule has 0 saturated carbocycles. The van der Waals surface area contributed by atoms with Crippen molar-refractivity contribution in [3.8, 4) is 0 Å². The lowest BCUT2D eigenvalue weighted by Crippen LogP contribution is -2.21. The Hall–Kier alpha value is -1.69. The van der Waals surface area contributed by atoms with Crippen LogP contribution < -0.4 is 5.32 Å². The van der Waals surface area contributed by atoms with Gasteiger partial charge in [-0.3, -0.25) is 4.79 Å². The summed E-state index contributed by atoms with van der Waals surface area (Å²) in [5.41, 5.74) is 0.544. The van der Waals surface area contributed by atoms with E-state index in [4.69, 9.17) is 39.5 Å². The first kappa shape index (κ1) is 15.7. The molecule has 110 valence electrons. The van der Waals surface area contributed by atoms with E-state index in [1.54, 1.807) is 12.3 Å². The molecule has 2 rings (SSSR count). The van der Waals surface area contributed by atoms with Crippen molar-refractivity contribution >= 4 is 52.4 Å². The van der Waals surface area contributed by atoms with Gasteiger partial charge >= 0.3 is 5.97 Å². The van der Waals surface area contributed by atoms with Gasteiger partial charge in [-0.15, -0.1) is 0 Å². The zero-order chi connectivity index (χ0) is 15.4. The number of amides is 1. The Morgan fingerprint density at radius 3 is 2.52 bits per heavy atom. The summed E-state index contributed by atoms with van der Waals surface area (Å²) in [7, 11) is 0. The maximum atomic E-state index is 11.7. The molecule has 1 aromatic carbocycles. The first-order chi connectivity index (χ1) is 9.97. The molecule has 0 bridgehead atoms. The van der Waals surface area contributed by atoms with E-state index in [0.29, 0.717) is 0 Å². The number of aromatic nitrogens is 1. The third-order valence-corrected chi connectivity index (χ3v) is 3.47. The SMILES string of the molecule is O=C(COC(=O)c1ccc[nH]1)Nc1cc(Cl)c(Cl)cc1Cl. The van der Waals surface area contributed by atoms with Crippen LogP contribution in [0.5, 0.6) is 0 Å². The fraction of sp³-hybridized carbons (Fsp3) is 0.0769. The average molecular weight is 348 g/mol. The van der Waals surface area contributed by atoms with E-state index in [1.165, 1.54) is 18.2 Å². The number of ether oxygens (including phenoxy) is 1. The Bertz CT molecular complexity index is 672. The van der Waals surface area contributed by atoms with Gasteiger partial charge in [-0.2, -0.15) is 0 Å². The van der Waals surface area contributed by atoms with Crippen molar-refractivity contribution in [2.24, 2.45) is 0 Å². The Balaban J connectivity index is 1.93. The molecule has 0 saturated heterocycles. The van der Waals surface area contributed by atoms with E-state index in [0.717, 1.165) is 0 Å². The minimum absolute atomic E-state index is 0.230. The van der Waals surface area contributed by atoms with Crippen molar-refractivity contribution in [2.75, 3.05) is 11.9 Å². The highest BCUT2D eigenvalue weighted by atomic mass is 35.5. The van der Waals surface area contributed by atoms with Gasteiger partial charge in [0.2, 0.25) is 0 Å². The van der Waals surface area contributed by atoms with Gasteiger partial charge in [-0.05, 0) is 24.3 Å². The third kappa shape index (κ3) is 4.14. The number of hydrogen-bond donors (Lipinski definition) is 2. The molecule has 21 heavy (non-hydrogen) atoms. The largest absolute Gasteiger partial charge is 0.451 e. The van der Waals surface area contributed by atoms with Gasteiger partial charge in [0.15, 0.2) is 6.61 Å². The van der Waals surface area contributed by atoms with Crippen LogP contribution in [0.25, 0.3) is 0 Å². The molecule has 2 N–H and O–H groups in total. The molecule has 0 atom stereocenters. The zero-order valence-corrected chi connectivity index (χ0v) is 12.7. The maximum Gasteiger partial charge on any atom is 0.355 e. The summed E-state index contributed by atoms with van der Waals surface area (Å²) in [5.74, 6) is -1.18. The van der Waals surface area contributed by atoms with Gasteiger partial charge in [0.1, 0.15) is 5.69 Å². The van der Waals surface area contributed by atoms with E-state index in [2.05, 4.69) is 10.3 Å². The normalized spacial score (nSPS) is 10.2. The number of esters is 1. The molecule has 5 nitrogen and oxygen atoms in total. The van der Waals surface area contributed by atoms with Gasteiger partial charge in [0.25, 0.3) is 5.91 Å². The predicted octanol–water partition coefficient (Wildman–Crippen LogP) is 3.77. The molecule has 2 aromatic rings. The topological polar surface area (TPSA) is 71.2 Å². The number of rotatable bonds is 4. The van der Waals surface area contributed by atoms with Gasteiger partial charge in [0.05, 0.1) is 20.8 Å². The number of nitrogens with one attached hydrogen (secondary N) is 2. The fourth-order valence-electron chi connectivity index (χ4n) is 1.47. The molecule has 0 spiro atoms. The number of hydrogen-bond acceptors (Lipinski definition) is 3. The van der Waals surface area contributed by atoms with Crippen molar-refractivity contribution < 1.29 is 14.3 Å². The molecular weight excluding hydrogens is 339 g/mol. The highest BCUT2D eigenvalue weighted by Gasteiger charge is 2.13. The van der Waals surface area contributed by atoms with Crippen LogP contribution in [0.3, 0.4) is 0 Å². The lowest BCUT2D eigenvalue weighted by atomic mass is 10.3. The van der Waals surface area contributed by atoms with Gasteiger partial charge in [0, 0.05) is 6.20 Å². The van der Waals surface area contributed by atoms with Crippen molar-refractivity contribution in [3.63, 3.8) is 0 Å². The van der Waals surface area contributed by atoms with E-state index < -0.39 is 18.5 Å². The lowest BCUT2D eigenvalue weighted by Gasteiger charge is -2.09. The highest BCUT2D eigenvalue weighted by molar-refractivity contribution is 6.44. The molecule has 1 amide bonds. The van der Waals surface area contributed by atoms with E-state index in [9.17, 15) is 9.59 Å². The quantitative estimate of drug-likeness (QED) is 0.653. The molecular formula is C13H9Cl3N2O3. The summed E-state index contributed by atoms with van der Waals surface area (Å²) in [4.78, 5) is 25.9. The molecule has 0 radical (unpaired) electrons. The number of halogens is 3. The second kappa shape index (κ2) is 6.85. The Morgan fingerprint density at radius 1 is 1.14 bits per heavy atom. The number of aromatic amines is 1. The summed E-state index contributed by atoms with van der Waals surface area (Å²) >= 11 is 17.5. The Kier molecular flexibility index (Phi) is 5.12. The Morgan fingerprint density at radius 2 is 1.86 bits per heavy atom. The van der Waals surface area contributed by atoms with Crippen molar-refractivity contribution in [1.82, 2.24) is 4.98 Å². The highest BCUT2D eigenvalue weighted by Crippen LogP contribution is 2.32. The van der Waals surface area contributed by atoms with Crippen molar-refractivity contribution in [3.05, 3.63) is 51.2 Å². The van der Waals surface area contributed by atoms with Gasteiger partial charge in [-0.1, -0.05) is 34.8 Å². The second-order valence-corrected chi connectivity index (χ2v) is 5.18. The van der Waals surface area contributed by atoms with Crippen LogP contribution in [0.4, 0.5) is 5.69 Å². The molecule has 0 fully saturated rings. The van der Waals surface area contributed by atoms with E-state index in [1.807, 2.05) is 0 Å². The van der Waals surface area contributed by atoms with Gasteiger partial charge < -0.3 is 15.0 Å². The lowest BCUT2D eigenvalue weighted by molar-refractivity contribution is -0.119.